The Balaban J connectivity index is 1.22. The van der Waals surface area contributed by atoms with Crippen LogP contribution in [-0.2, 0) is 37.9 Å². The van der Waals surface area contributed by atoms with Crippen molar-refractivity contribution in [3.63, 3.8) is 0 Å². The summed E-state index contributed by atoms with van der Waals surface area (Å²) in [6, 6.07) is 57.2. The quantitative estimate of drug-likeness (QED) is 0.153. The van der Waals surface area contributed by atoms with Crippen molar-refractivity contribution >= 4 is 55.8 Å². The Hall–Kier alpha value is -6.84. The maximum absolute atomic E-state index is 2.81. The SMILES string of the molecule is CC(C)(C)c1ccc(-c2c(-c3ccc(C(C)(C)C)cc3)n3c4c(cccc24)B2c4c-3ccc3c4-n4c5c2cc(C(C)(C)C)cc5c2cc(C(C)(C)C)cc(c24)C32c3cc(C(C)(C)C)ccc3-c3ccc(C(C)(C)C)cc32)cc1. The van der Waals surface area contributed by atoms with Crippen LogP contribution in [0.1, 0.15) is 180 Å². The van der Waals surface area contributed by atoms with Crippen molar-refractivity contribution < 1.29 is 0 Å². The normalized spacial score (nSPS) is 15.1. The zero-order valence-electron chi connectivity index (χ0n) is 49.8. The average Bonchev–Trinajstić information content (AvgIpc) is 2.53. The van der Waals surface area contributed by atoms with E-state index in [4.69, 9.17) is 0 Å². The smallest absolute Gasteiger partial charge is 0.252 e. The van der Waals surface area contributed by atoms with Gasteiger partial charge in [-0.15, -0.1) is 0 Å². The lowest BCUT2D eigenvalue weighted by atomic mass is 9.33. The molecule has 0 atom stereocenters. The predicted octanol–water partition coefficient (Wildman–Crippen LogP) is 17.7. The molecule has 0 fully saturated rings. The minimum atomic E-state index is -0.620. The zero-order valence-corrected chi connectivity index (χ0v) is 49.8. The van der Waals surface area contributed by atoms with E-state index in [2.05, 4.69) is 273 Å². The summed E-state index contributed by atoms with van der Waals surface area (Å²) in [5, 5.41) is 4.05. The van der Waals surface area contributed by atoms with Gasteiger partial charge in [0.25, 0.3) is 6.71 Å². The molecule has 3 heteroatoms. The Morgan fingerprint density at radius 3 is 1.33 bits per heavy atom. The van der Waals surface area contributed by atoms with Crippen LogP contribution in [0.5, 0.6) is 0 Å². The molecule has 0 saturated heterocycles. The highest BCUT2D eigenvalue weighted by Gasteiger charge is 2.55. The van der Waals surface area contributed by atoms with Crippen molar-refractivity contribution in [3.8, 4) is 44.9 Å². The van der Waals surface area contributed by atoms with E-state index in [9.17, 15) is 0 Å². The Kier molecular flexibility index (Phi) is 9.70. The summed E-state index contributed by atoms with van der Waals surface area (Å²) < 4.78 is 5.53. The van der Waals surface area contributed by atoms with Crippen molar-refractivity contribution in [2.45, 2.75) is 163 Å². The maximum Gasteiger partial charge on any atom is 0.252 e. The molecule has 2 nitrogen and oxygen atoms in total. The molecule has 0 N–H and O–H groups in total. The van der Waals surface area contributed by atoms with E-state index in [0.29, 0.717) is 0 Å². The maximum atomic E-state index is 2.81. The number of hydrogen-bond donors (Lipinski definition) is 0. The van der Waals surface area contributed by atoms with Gasteiger partial charge in [0.05, 0.1) is 16.6 Å². The molecule has 5 heterocycles. The highest BCUT2D eigenvalue weighted by Crippen LogP contribution is 2.63. The first-order valence-corrected chi connectivity index (χ1v) is 29.0. The lowest BCUT2D eigenvalue weighted by Gasteiger charge is -2.45. The highest BCUT2D eigenvalue weighted by molar-refractivity contribution is 7.00. The number of nitrogens with zero attached hydrogens (tertiary/aromatic N) is 2. The van der Waals surface area contributed by atoms with Crippen molar-refractivity contribution in [2.24, 2.45) is 0 Å². The molecule has 78 heavy (non-hydrogen) atoms. The topological polar surface area (TPSA) is 9.86 Å². The van der Waals surface area contributed by atoms with Gasteiger partial charge >= 0.3 is 0 Å². The van der Waals surface area contributed by atoms with Crippen LogP contribution in [0, 0.1) is 0 Å². The molecular weight excluding hydrogens is 940 g/mol. The second-order valence-corrected chi connectivity index (χ2v) is 30.3. The Morgan fingerprint density at radius 1 is 0.346 bits per heavy atom. The van der Waals surface area contributed by atoms with Crippen LogP contribution in [0.25, 0.3) is 77.6 Å². The molecule has 1 spiro atoms. The second kappa shape index (κ2) is 15.3. The first kappa shape index (κ1) is 49.5. The van der Waals surface area contributed by atoms with Crippen LogP contribution in [0.2, 0.25) is 0 Å². The molecule has 0 bridgehead atoms. The zero-order chi connectivity index (χ0) is 55.1. The fourth-order valence-corrected chi connectivity index (χ4v) is 14.6. The summed E-state index contributed by atoms with van der Waals surface area (Å²) in [6.45, 7) is 42.7. The number of rotatable bonds is 2. The van der Waals surface area contributed by atoms with E-state index in [1.165, 1.54) is 150 Å². The van der Waals surface area contributed by atoms with Gasteiger partial charge in [0.1, 0.15) is 0 Å². The molecule has 2 aromatic heterocycles. The van der Waals surface area contributed by atoms with E-state index in [0.717, 1.165) is 0 Å². The molecule has 3 aliphatic heterocycles. The average molecular weight is 1020 g/mol. The van der Waals surface area contributed by atoms with E-state index in [1.54, 1.807) is 0 Å². The van der Waals surface area contributed by atoms with E-state index >= 15 is 0 Å². The molecule has 0 amide bonds. The molecule has 14 rings (SSSR count). The molecule has 0 saturated carbocycles. The monoisotopic (exact) mass is 1020 g/mol. The van der Waals surface area contributed by atoms with E-state index in [-0.39, 0.29) is 39.2 Å². The number of para-hydroxylation sites is 1. The fraction of sp³-hybridized carbons (Fsp3) is 0.333. The number of hydrogen-bond acceptors (Lipinski definition) is 0. The van der Waals surface area contributed by atoms with Crippen molar-refractivity contribution in [3.05, 3.63) is 195 Å². The lowest BCUT2D eigenvalue weighted by molar-refractivity contribution is 0.583. The molecule has 10 aromatic rings. The van der Waals surface area contributed by atoms with Gasteiger partial charge < -0.3 is 9.13 Å². The standard InChI is InChI=1S/C75H77BN2/c1-69(2,3)44-26-22-42(23-27-44)62-52-20-19-21-59-66(52)77(64(62)43-24-28-45(29-25-43)70(4,5)6)61-35-34-55-68-63(61)76(59)60-41-49(74(16,17)18)37-54-53-36-48(73(13,14)15)40-58(65(53)78(68)67(54)60)75(55)56-38-46(71(7,8)9)30-32-50(56)51-33-31-47(39-57(51)75)72(10,11)12/h19-41H,1-18H3. The van der Waals surface area contributed by atoms with E-state index in [1.807, 2.05) is 0 Å². The number of aromatic nitrogens is 2. The van der Waals surface area contributed by atoms with Gasteiger partial charge in [-0.3, -0.25) is 0 Å². The van der Waals surface area contributed by atoms with Crippen LogP contribution in [0.15, 0.2) is 140 Å². The molecular formula is C75H77BN2. The summed E-state index contributed by atoms with van der Waals surface area (Å²) in [6.07, 6.45) is 0. The Bertz CT molecular complexity index is 4210. The Labute approximate surface area is 465 Å². The third-order valence-electron chi connectivity index (χ3n) is 19.0. The highest BCUT2D eigenvalue weighted by atomic mass is 15.1. The van der Waals surface area contributed by atoms with Crippen LogP contribution in [0.4, 0.5) is 0 Å². The van der Waals surface area contributed by atoms with Gasteiger partial charge in [-0.2, -0.15) is 0 Å². The molecule has 0 unspecified atom stereocenters. The van der Waals surface area contributed by atoms with Crippen LogP contribution < -0.4 is 16.4 Å². The minimum Gasteiger partial charge on any atom is -0.310 e. The van der Waals surface area contributed by atoms with Crippen molar-refractivity contribution in [1.82, 2.24) is 9.13 Å². The van der Waals surface area contributed by atoms with Gasteiger partial charge in [0.15, 0.2) is 0 Å². The number of benzene rings is 8. The van der Waals surface area contributed by atoms with Gasteiger partial charge in [-0.25, -0.2) is 0 Å². The predicted molar refractivity (Wildman–Crippen MR) is 336 cm³/mol. The third kappa shape index (κ3) is 6.51. The largest absolute Gasteiger partial charge is 0.310 e. The minimum absolute atomic E-state index is 0.0160. The van der Waals surface area contributed by atoms with Gasteiger partial charge in [0, 0.05) is 44.1 Å². The van der Waals surface area contributed by atoms with Crippen molar-refractivity contribution in [2.75, 3.05) is 0 Å². The summed E-state index contributed by atoms with van der Waals surface area (Å²) in [4.78, 5) is 0. The first-order chi connectivity index (χ1) is 36.5. The molecule has 390 valence electrons. The molecule has 0 radical (unpaired) electrons. The number of fused-ring (bicyclic) bond motifs is 11. The fourth-order valence-electron chi connectivity index (χ4n) is 14.6. The third-order valence-corrected chi connectivity index (χ3v) is 19.0. The van der Waals surface area contributed by atoms with E-state index < -0.39 is 5.41 Å². The molecule has 4 aliphatic rings. The van der Waals surface area contributed by atoms with Gasteiger partial charge in [-0.1, -0.05) is 246 Å². The van der Waals surface area contributed by atoms with Crippen molar-refractivity contribution in [1.29, 1.82) is 0 Å². The van der Waals surface area contributed by atoms with Crippen LogP contribution in [-0.4, -0.2) is 15.8 Å². The summed E-state index contributed by atoms with van der Waals surface area (Å²) in [5.74, 6) is 0. The van der Waals surface area contributed by atoms with Gasteiger partial charge in [-0.05, 0) is 145 Å². The lowest BCUT2D eigenvalue weighted by Crippen LogP contribution is -2.60. The molecule has 1 aliphatic carbocycles. The Morgan fingerprint density at radius 2 is 0.808 bits per heavy atom. The van der Waals surface area contributed by atoms with Crippen LogP contribution >= 0.6 is 0 Å². The van der Waals surface area contributed by atoms with Gasteiger partial charge in [0.2, 0.25) is 0 Å². The summed E-state index contributed by atoms with van der Waals surface area (Å²) >= 11 is 0. The van der Waals surface area contributed by atoms with Crippen LogP contribution in [0.3, 0.4) is 0 Å². The molecule has 8 aromatic carbocycles. The first-order valence-electron chi connectivity index (χ1n) is 29.0. The summed E-state index contributed by atoms with van der Waals surface area (Å²) in [5.41, 5.74) is 31.6. The second-order valence-electron chi connectivity index (χ2n) is 30.3. The summed E-state index contributed by atoms with van der Waals surface area (Å²) in [7, 11) is 0.